The first-order chi connectivity index (χ1) is 16.6. The Morgan fingerprint density at radius 1 is 1.36 bits per heavy atom. The monoisotopic (exact) mass is 566 g/mol. The van der Waals surface area contributed by atoms with Crippen LogP contribution >= 0.6 is 35.1 Å². The smallest absolute Gasteiger partial charge is 0.543 e. The molecule has 1 aromatic heterocycles. The second-order valence-corrected chi connectivity index (χ2v) is 9.77. The van der Waals surface area contributed by atoms with Gasteiger partial charge in [0.15, 0.2) is 11.1 Å². The van der Waals surface area contributed by atoms with Crippen LogP contribution in [0.15, 0.2) is 16.4 Å². The maximum Gasteiger partial charge on any atom is 1.00 e. The molecule has 2 aliphatic heterocycles. The molecule has 0 bridgehead atoms. The van der Waals surface area contributed by atoms with Crippen LogP contribution in [0.1, 0.15) is 19.2 Å². The molecular weight excluding hydrogens is 547 g/mol. The summed E-state index contributed by atoms with van der Waals surface area (Å²) in [6.07, 6.45) is 1.31. The molecule has 2 atom stereocenters. The average molecular weight is 567 g/mol. The molecule has 1 aromatic rings. The van der Waals surface area contributed by atoms with Crippen molar-refractivity contribution in [3.05, 3.63) is 17.1 Å². The Morgan fingerprint density at radius 2 is 2.08 bits per heavy atom. The fourth-order valence-electron chi connectivity index (χ4n) is 3.07. The van der Waals surface area contributed by atoms with E-state index in [0.29, 0.717) is 0 Å². The van der Waals surface area contributed by atoms with E-state index in [0.717, 1.165) is 28.2 Å². The fourth-order valence-corrected chi connectivity index (χ4v) is 4.99. The van der Waals surface area contributed by atoms with E-state index < -0.39 is 59.7 Å². The SMILES string of the molecule is CSCON=C(C(=O)NC1C(=O)N2C(C(=O)[O-])=C(COC(=O)CC(C)=O)CS[C@H]12)c1nsc(N)n1.[Na+]. The van der Waals surface area contributed by atoms with Crippen molar-refractivity contribution >= 4 is 75.4 Å². The van der Waals surface area contributed by atoms with E-state index in [9.17, 15) is 29.1 Å². The van der Waals surface area contributed by atoms with E-state index in [1.807, 2.05) is 0 Å². The molecule has 3 rings (SSSR count). The number of nitrogen functional groups attached to an aromatic ring is 1. The van der Waals surface area contributed by atoms with Gasteiger partial charge in [-0.15, -0.1) is 23.5 Å². The van der Waals surface area contributed by atoms with Gasteiger partial charge in [-0.05, 0) is 13.2 Å². The molecule has 1 unspecified atom stereocenters. The van der Waals surface area contributed by atoms with Crippen LogP contribution < -0.4 is 45.7 Å². The van der Waals surface area contributed by atoms with E-state index in [1.165, 1.54) is 18.7 Å². The largest absolute Gasteiger partial charge is 1.00 e. The van der Waals surface area contributed by atoms with Crippen molar-refractivity contribution < 1.29 is 68.2 Å². The first kappa shape index (κ1) is 30.0. The summed E-state index contributed by atoms with van der Waals surface area (Å²) in [6, 6.07) is -1.08. The molecule has 0 aromatic carbocycles. The molecule has 0 spiro atoms. The van der Waals surface area contributed by atoms with Gasteiger partial charge in [0.1, 0.15) is 30.2 Å². The summed E-state index contributed by atoms with van der Waals surface area (Å²) in [4.78, 5) is 70.0. The molecule has 0 saturated carbocycles. The van der Waals surface area contributed by atoms with Crippen molar-refractivity contribution in [3.63, 3.8) is 0 Å². The number of carbonyl (C=O) groups excluding carboxylic acids is 5. The average Bonchev–Trinajstić information content (AvgIpc) is 3.23. The normalized spacial score (nSPS) is 19.0. The molecule has 2 amide bonds. The molecule has 0 radical (unpaired) electrons. The molecule has 0 aliphatic carbocycles. The van der Waals surface area contributed by atoms with Gasteiger partial charge in [0, 0.05) is 22.9 Å². The Balaban J connectivity index is 0.00000456. The van der Waals surface area contributed by atoms with Gasteiger partial charge >= 0.3 is 35.5 Å². The first-order valence-corrected chi connectivity index (χ1v) is 13.0. The Hall–Kier alpha value is -2.18. The number of carboxylic acids is 1. The van der Waals surface area contributed by atoms with Crippen LogP contribution in [0, 0.1) is 0 Å². The van der Waals surface area contributed by atoms with Gasteiger partial charge in [-0.1, -0.05) is 5.16 Å². The number of nitrogens with two attached hydrogens (primary N) is 1. The number of hydrogen-bond donors (Lipinski definition) is 2. The van der Waals surface area contributed by atoms with Crippen molar-refractivity contribution in [1.82, 2.24) is 19.6 Å². The summed E-state index contributed by atoms with van der Waals surface area (Å²) < 4.78 is 8.89. The molecule has 18 heteroatoms. The number of fused-ring (bicyclic) bond motifs is 1. The zero-order valence-corrected chi connectivity index (χ0v) is 23.8. The number of ketones is 1. The number of Topliss-reactive ketones (excluding diaryl/α,β-unsaturated/α-hetero) is 1. The van der Waals surface area contributed by atoms with Crippen molar-refractivity contribution in [2.45, 2.75) is 24.8 Å². The third-order valence-electron chi connectivity index (χ3n) is 4.52. The van der Waals surface area contributed by atoms with Gasteiger partial charge in [-0.25, -0.2) is 0 Å². The number of nitrogens with one attached hydrogen (secondary N) is 1. The minimum Gasteiger partial charge on any atom is -0.543 e. The summed E-state index contributed by atoms with van der Waals surface area (Å²) >= 11 is 3.31. The minimum atomic E-state index is -1.64. The summed E-state index contributed by atoms with van der Waals surface area (Å²) in [5.74, 6) is -4.25. The van der Waals surface area contributed by atoms with Crippen molar-refractivity contribution in [3.8, 4) is 0 Å². The number of β-lactam (4-membered cyclic amide) rings is 1. The topological polar surface area (TPSA) is 206 Å². The molecule has 36 heavy (non-hydrogen) atoms. The molecule has 14 nitrogen and oxygen atoms in total. The summed E-state index contributed by atoms with van der Waals surface area (Å²) in [6.45, 7) is 0.794. The number of nitrogens with zero attached hydrogens (tertiary/aromatic N) is 4. The number of thioether (sulfide) groups is 2. The van der Waals surface area contributed by atoms with Gasteiger partial charge in [0.2, 0.25) is 11.5 Å². The Kier molecular flexibility index (Phi) is 11.2. The standard InChI is InChI=1S/C18H20N6O8S3.Na/c1-7(25)3-9(26)31-4-8-5-34-16-11(15(28)24(16)12(8)17(29)30)20-14(27)10(22-32-6-33-2)13-21-18(19)35-23-13;/h11,16H,3-6H2,1-2H3,(H,20,27)(H,29,30)(H2,19,21,23);/q;+1/p-1/t11?,16-;/m1./s1. The van der Waals surface area contributed by atoms with Crippen LogP contribution in [0.5, 0.6) is 0 Å². The molecule has 3 N–H and O–H groups in total. The van der Waals surface area contributed by atoms with Crippen LogP contribution in [0.2, 0.25) is 0 Å². The number of carboxylic acid groups (broad SMARTS) is 1. The van der Waals surface area contributed by atoms with Crippen molar-refractivity contribution in [1.29, 1.82) is 0 Å². The number of esters is 1. The molecule has 1 saturated heterocycles. The second-order valence-electron chi connectivity index (χ2n) is 7.07. The van der Waals surface area contributed by atoms with Gasteiger partial charge < -0.3 is 30.5 Å². The number of carbonyl (C=O) groups is 5. The fraction of sp³-hybridized carbons (Fsp3) is 0.444. The van der Waals surface area contributed by atoms with Crippen molar-refractivity contribution in [2.75, 3.05) is 30.3 Å². The third kappa shape index (κ3) is 6.98. The Morgan fingerprint density at radius 3 is 2.67 bits per heavy atom. The number of anilines is 1. The minimum absolute atomic E-state index is 0. The van der Waals surface area contributed by atoms with Gasteiger partial charge in [0.05, 0.1) is 11.7 Å². The van der Waals surface area contributed by atoms with E-state index in [1.54, 1.807) is 6.26 Å². The zero-order chi connectivity index (χ0) is 25.7. The number of oxime groups is 1. The summed E-state index contributed by atoms with van der Waals surface area (Å²) in [5, 5.41) is 17.4. The number of aliphatic carboxylic acids is 1. The maximum atomic E-state index is 12.9. The van der Waals surface area contributed by atoms with Crippen LogP contribution in [0.25, 0.3) is 0 Å². The van der Waals surface area contributed by atoms with E-state index in [4.69, 9.17) is 15.3 Å². The second kappa shape index (κ2) is 13.4. The predicted octanol–water partition coefficient (Wildman–Crippen LogP) is -4.91. The number of aromatic nitrogens is 2. The molecule has 3 heterocycles. The third-order valence-corrected chi connectivity index (χ3v) is 6.75. The van der Waals surface area contributed by atoms with E-state index in [-0.39, 0.29) is 63.5 Å². The summed E-state index contributed by atoms with van der Waals surface area (Å²) in [5.41, 5.74) is 4.98. The maximum absolute atomic E-state index is 12.9. The van der Waals surface area contributed by atoms with Crippen LogP contribution in [0.4, 0.5) is 5.13 Å². The number of hydrogen-bond acceptors (Lipinski definition) is 15. The van der Waals surface area contributed by atoms with Crippen LogP contribution in [-0.2, 0) is 33.5 Å². The summed E-state index contributed by atoms with van der Waals surface area (Å²) in [7, 11) is 0. The molecule has 188 valence electrons. The first-order valence-electron chi connectivity index (χ1n) is 9.76. The van der Waals surface area contributed by atoms with Crippen molar-refractivity contribution in [2.24, 2.45) is 5.16 Å². The quantitative estimate of drug-likeness (QED) is 0.0377. The van der Waals surface area contributed by atoms with Gasteiger partial charge in [0.25, 0.3) is 11.8 Å². The van der Waals surface area contributed by atoms with E-state index in [2.05, 4.69) is 19.8 Å². The van der Waals surface area contributed by atoms with Crippen LogP contribution in [0.3, 0.4) is 0 Å². The Bertz CT molecular complexity index is 1130. The number of rotatable bonds is 11. The van der Waals surface area contributed by atoms with Gasteiger partial charge in [-0.2, -0.15) is 9.36 Å². The van der Waals surface area contributed by atoms with Gasteiger partial charge in [-0.3, -0.25) is 24.1 Å². The van der Waals surface area contributed by atoms with E-state index >= 15 is 0 Å². The predicted molar refractivity (Wildman–Crippen MR) is 124 cm³/mol. The Labute approximate surface area is 239 Å². The molecule has 2 aliphatic rings. The molecular formula is C18H19N6NaO8S3. The van der Waals surface area contributed by atoms with Crippen LogP contribution in [-0.4, -0.2) is 85.5 Å². The number of amides is 2. The number of ether oxygens (including phenoxy) is 1. The zero-order valence-electron chi connectivity index (χ0n) is 19.3. The molecule has 1 fully saturated rings.